The third kappa shape index (κ3) is 5.37. The van der Waals surface area contributed by atoms with E-state index in [1.807, 2.05) is 0 Å². The Morgan fingerprint density at radius 3 is 2.22 bits per heavy atom. The lowest BCUT2D eigenvalue weighted by Crippen LogP contribution is -2.24. The number of hydrogen-bond donors (Lipinski definition) is 1. The lowest BCUT2D eigenvalue weighted by Gasteiger charge is -2.09. The molecule has 0 aliphatic heterocycles. The number of benzene rings is 1. The van der Waals surface area contributed by atoms with E-state index in [9.17, 15) is 13.2 Å². The number of ether oxygens (including phenoxy) is 2. The molecule has 102 valence electrons. The van der Waals surface area contributed by atoms with Crippen molar-refractivity contribution in [2.75, 3.05) is 33.4 Å². The Morgan fingerprint density at radius 2 is 1.67 bits per heavy atom. The van der Waals surface area contributed by atoms with Gasteiger partial charge in [-0.2, -0.15) is 13.2 Å². The van der Waals surface area contributed by atoms with E-state index in [0.29, 0.717) is 32.1 Å². The lowest BCUT2D eigenvalue weighted by atomic mass is 10.2. The smallest absolute Gasteiger partial charge is 0.416 e. The summed E-state index contributed by atoms with van der Waals surface area (Å²) in [7, 11) is 1.61. The first kappa shape index (κ1) is 14.8. The van der Waals surface area contributed by atoms with Crippen LogP contribution in [-0.2, 0) is 10.9 Å². The summed E-state index contributed by atoms with van der Waals surface area (Å²) in [4.78, 5) is 0. The van der Waals surface area contributed by atoms with Crippen molar-refractivity contribution in [3.8, 4) is 5.75 Å². The molecule has 0 radical (unpaired) electrons. The van der Waals surface area contributed by atoms with E-state index >= 15 is 0 Å². The summed E-state index contributed by atoms with van der Waals surface area (Å²) in [6.07, 6.45) is -4.31. The molecule has 0 spiro atoms. The first-order chi connectivity index (χ1) is 8.54. The van der Waals surface area contributed by atoms with Gasteiger partial charge in [-0.1, -0.05) is 0 Å². The molecule has 1 aromatic rings. The standard InChI is InChI=1S/C12H16F3NO2/c1-17-8-6-16-7-9-18-11-4-2-10(3-5-11)12(13,14)15/h2-5,16H,6-9H2,1H3. The lowest BCUT2D eigenvalue weighted by molar-refractivity contribution is -0.137. The molecule has 0 heterocycles. The van der Waals surface area contributed by atoms with Crippen molar-refractivity contribution in [2.24, 2.45) is 0 Å². The number of hydrogen-bond acceptors (Lipinski definition) is 3. The minimum atomic E-state index is -4.31. The van der Waals surface area contributed by atoms with Crippen LogP contribution in [0.15, 0.2) is 24.3 Å². The Balaban J connectivity index is 2.27. The second-order valence-corrected chi connectivity index (χ2v) is 3.61. The number of halogens is 3. The van der Waals surface area contributed by atoms with Crippen molar-refractivity contribution in [1.82, 2.24) is 5.32 Å². The molecule has 0 saturated heterocycles. The molecular formula is C12H16F3NO2. The molecule has 0 unspecified atom stereocenters. The van der Waals surface area contributed by atoms with E-state index in [2.05, 4.69) is 5.32 Å². The first-order valence-electron chi connectivity index (χ1n) is 5.54. The summed E-state index contributed by atoms with van der Waals surface area (Å²) >= 11 is 0. The van der Waals surface area contributed by atoms with Gasteiger partial charge in [0, 0.05) is 20.2 Å². The Bertz CT molecular complexity index is 338. The van der Waals surface area contributed by atoms with Gasteiger partial charge in [-0.15, -0.1) is 0 Å². The van der Waals surface area contributed by atoms with Crippen LogP contribution in [0.2, 0.25) is 0 Å². The second-order valence-electron chi connectivity index (χ2n) is 3.61. The molecule has 1 rings (SSSR count). The van der Waals surface area contributed by atoms with Gasteiger partial charge in [0.25, 0.3) is 0 Å². The molecule has 18 heavy (non-hydrogen) atoms. The molecule has 0 fully saturated rings. The summed E-state index contributed by atoms with van der Waals surface area (Å²) in [6, 6.07) is 4.65. The summed E-state index contributed by atoms with van der Waals surface area (Å²) in [6.45, 7) is 2.34. The summed E-state index contributed by atoms with van der Waals surface area (Å²) in [5, 5.41) is 3.06. The second kappa shape index (κ2) is 7.23. The average molecular weight is 263 g/mol. The van der Waals surface area contributed by atoms with Gasteiger partial charge in [0.1, 0.15) is 12.4 Å². The number of rotatable bonds is 7. The highest BCUT2D eigenvalue weighted by molar-refractivity contribution is 5.28. The molecule has 0 atom stereocenters. The zero-order valence-corrected chi connectivity index (χ0v) is 10.1. The van der Waals surface area contributed by atoms with Gasteiger partial charge >= 0.3 is 6.18 Å². The van der Waals surface area contributed by atoms with Gasteiger partial charge in [0.15, 0.2) is 0 Å². The molecule has 0 aromatic heterocycles. The van der Waals surface area contributed by atoms with E-state index in [4.69, 9.17) is 9.47 Å². The van der Waals surface area contributed by atoms with Crippen molar-refractivity contribution in [1.29, 1.82) is 0 Å². The Hall–Kier alpha value is -1.27. The molecule has 0 aliphatic rings. The minimum absolute atomic E-state index is 0.398. The van der Waals surface area contributed by atoms with Crippen molar-refractivity contribution in [3.63, 3.8) is 0 Å². The van der Waals surface area contributed by atoms with Crippen molar-refractivity contribution in [3.05, 3.63) is 29.8 Å². The molecule has 1 aromatic carbocycles. The van der Waals surface area contributed by atoms with Crippen molar-refractivity contribution < 1.29 is 22.6 Å². The quantitative estimate of drug-likeness (QED) is 0.766. The number of nitrogens with one attached hydrogen (secondary N) is 1. The van der Waals surface area contributed by atoms with Crippen LogP contribution in [0.5, 0.6) is 5.75 Å². The van der Waals surface area contributed by atoms with E-state index in [0.717, 1.165) is 12.1 Å². The normalized spacial score (nSPS) is 11.6. The first-order valence-corrected chi connectivity index (χ1v) is 5.54. The average Bonchev–Trinajstić information content (AvgIpc) is 2.33. The maximum Gasteiger partial charge on any atom is 0.416 e. The molecule has 1 N–H and O–H groups in total. The molecule has 0 bridgehead atoms. The van der Waals surface area contributed by atoms with Crippen LogP contribution in [0.3, 0.4) is 0 Å². The Labute approximate surface area is 104 Å². The third-order valence-electron chi connectivity index (χ3n) is 2.21. The fourth-order valence-electron chi connectivity index (χ4n) is 1.28. The van der Waals surface area contributed by atoms with Crippen LogP contribution in [-0.4, -0.2) is 33.4 Å². The summed E-state index contributed by atoms with van der Waals surface area (Å²) < 4.78 is 47.0. The summed E-state index contributed by atoms with van der Waals surface area (Å²) in [5.41, 5.74) is -0.673. The van der Waals surface area contributed by atoms with Crippen molar-refractivity contribution in [2.45, 2.75) is 6.18 Å². The maximum atomic E-state index is 12.3. The van der Waals surface area contributed by atoms with Crippen molar-refractivity contribution >= 4 is 0 Å². The zero-order chi connectivity index (χ0) is 13.4. The molecule has 0 amide bonds. The fourth-order valence-corrected chi connectivity index (χ4v) is 1.28. The molecule has 0 aliphatic carbocycles. The molecule has 0 saturated carbocycles. The molecule has 6 heteroatoms. The van der Waals surface area contributed by atoms with Crippen LogP contribution < -0.4 is 10.1 Å². The summed E-state index contributed by atoms with van der Waals surface area (Å²) in [5.74, 6) is 0.427. The molecule has 3 nitrogen and oxygen atoms in total. The van der Waals surface area contributed by atoms with Crippen LogP contribution in [0, 0.1) is 0 Å². The largest absolute Gasteiger partial charge is 0.492 e. The Kier molecular flexibility index (Phi) is 5.94. The SMILES string of the molecule is COCCNCCOc1ccc(C(F)(F)F)cc1. The topological polar surface area (TPSA) is 30.5 Å². The van der Waals surface area contributed by atoms with Gasteiger partial charge in [-0.3, -0.25) is 0 Å². The monoisotopic (exact) mass is 263 g/mol. The third-order valence-corrected chi connectivity index (χ3v) is 2.21. The van der Waals surface area contributed by atoms with E-state index in [-0.39, 0.29) is 0 Å². The highest BCUT2D eigenvalue weighted by Crippen LogP contribution is 2.30. The fraction of sp³-hybridized carbons (Fsp3) is 0.500. The van der Waals surface area contributed by atoms with Crippen LogP contribution in [0.25, 0.3) is 0 Å². The highest BCUT2D eigenvalue weighted by atomic mass is 19.4. The van der Waals surface area contributed by atoms with Crippen LogP contribution in [0.4, 0.5) is 13.2 Å². The Morgan fingerprint density at radius 1 is 1.06 bits per heavy atom. The van der Waals surface area contributed by atoms with E-state index in [1.54, 1.807) is 7.11 Å². The number of methoxy groups -OCH3 is 1. The maximum absolute atomic E-state index is 12.3. The van der Waals surface area contributed by atoms with Gasteiger partial charge in [0.05, 0.1) is 12.2 Å². The van der Waals surface area contributed by atoms with Gasteiger partial charge in [0.2, 0.25) is 0 Å². The van der Waals surface area contributed by atoms with E-state index < -0.39 is 11.7 Å². The van der Waals surface area contributed by atoms with Gasteiger partial charge in [-0.25, -0.2) is 0 Å². The minimum Gasteiger partial charge on any atom is -0.492 e. The van der Waals surface area contributed by atoms with Gasteiger partial charge < -0.3 is 14.8 Å². The molecular weight excluding hydrogens is 247 g/mol. The van der Waals surface area contributed by atoms with Gasteiger partial charge in [-0.05, 0) is 24.3 Å². The predicted octanol–water partition coefficient (Wildman–Crippen LogP) is 2.32. The van der Waals surface area contributed by atoms with Crippen LogP contribution >= 0.6 is 0 Å². The predicted molar refractivity (Wildman–Crippen MR) is 61.7 cm³/mol. The van der Waals surface area contributed by atoms with E-state index in [1.165, 1.54) is 12.1 Å². The highest BCUT2D eigenvalue weighted by Gasteiger charge is 2.29. The number of alkyl halides is 3. The zero-order valence-electron chi connectivity index (χ0n) is 10.1. The van der Waals surface area contributed by atoms with Crippen LogP contribution in [0.1, 0.15) is 5.56 Å².